The third kappa shape index (κ3) is 6.38. The Morgan fingerprint density at radius 3 is 2.18 bits per heavy atom. The van der Waals surface area contributed by atoms with Crippen molar-refractivity contribution >= 4 is 17.5 Å². The van der Waals surface area contributed by atoms with Crippen molar-refractivity contribution in [1.29, 1.82) is 0 Å². The Morgan fingerprint density at radius 2 is 1.54 bits per heavy atom. The Bertz CT molecular complexity index is 810. The molecular formula is C20H22F3N3O2. The molecule has 2 aromatic carbocycles. The lowest BCUT2D eigenvalue weighted by atomic mass is 10.1. The highest BCUT2D eigenvalue weighted by atomic mass is 19.4. The van der Waals surface area contributed by atoms with Crippen LogP contribution in [-0.2, 0) is 22.3 Å². The predicted molar refractivity (Wildman–Crippen MR) is 100 cm³/mol. The van der Waals surface area contributed by atoms with E-state index < -0.39 is 17.6 Å². The van der Waals surface area contributed by atoms with Gasteiger partial charge in [0.25, 0.3) is 0 Å². The van der Waals surface area contributed by atoms with Crippen LogP contribution in [0.5, 0.6) is 0 Å². The maximum Gasteiger partial charge on any atom is 0.418 e. The molecule has 0 radical (unpaired) electrons. The normalized spacial score (nSPS) is 11.4. The van der Waals surface area contributed by atoms with E-state index in [-0.39, 0.29) is 24.7 Å². The van der Waals surface area contributed by atoms with Gasteiger partial charge in [0.15, 0.2) is 0 Å². The van der Waals surface area contributed by atoms with Crippen LogP contribution in [-0.4, -0.2) is 48.8 Å². The molecule has 28 heavy (non-hydrogen) atoms. The summed E-state index contributed by atoms with van der Waals surface area (Å²) in [5.41, 5.74) is -0.219. The Morgan fingerprint density at radius 1 is 0.929 bits per heavy atom. The largest absolute Gasteiger partial charge is 0.418 e. The van der Waals surface area contributed by atoms with Gasteiger partial charge in [-0.3, -0.25) is 14.5 Å². The van der Waals surface area contributed by atoms with E-state index in [9.17, 15) is 22.8 Å². The fraction of sp³-hybridized carbons (Fsp3) is 0.300. The van der Waals surface area contributed by atoms with Crippen molar-refractivity contribution in [3.05, 3.63) is 65.7 Å². The van der Waals surface area contributed by atoms with E-state index in [1.807, 2.05) is 30.3 Å². The zero-order valence-electron chi connectivity index (χ0n) is 15.7. The molecule has 0 atom stereocenters. The first kappa shape index (κ1) is 21.4. The molecule has 0 aliphatic rings. The number of hydrogen-bond acceptors (Lipinski definition) is 3. The fourth-order valence-corrected chi connectivity index (χ4v) is 2.64. The molecule has 1 N–H and O–H groups in total. The summed E-state index contributed by atoms with van der Waals surface area (Å²) in [6.45, 7) is 0.299. The summed E-state index contributed by atoms with van der Waals surface area (Å²) < 4.78 is 39.0. The monoisotopic (exact) mass is 393 g/mol. The zero-order valence-corrected chi connectivity index (χ0v) is 15.7. The molecule has 0 aliphatic heterocycles. The minimum atomic E-state index is -4.58. The summed E-state index contributed by atoms with van der Waals surface area (Å²) in [7, 11) is 3.21. The van der Waals surface area contributed by atoms with Crippen LogP contribution in [0.2, 0.25) is 0 Å². The Kier molecular flexibility index (Phi) is 7.17. The topological polar surface area (TPSA) is 52.7 Å². The van der Waals surface area contributed by atoms with Crippen molar-refractivity contribution in [3.63, 3.8) is 0 Å². The van der Waals surface area contributed by atoms with Gasteiger partial charge in [-0.15, -0.1) is 0 Å². The minimum absolute atomic E-state index is 0.0812. The van der Waals surface area contributed by atoms with Crippen molar-refractivity contribution in [2.45, 2.75) is 12.7 Å². The van der Waals surface area contributed by atoms with Gasteiger partial charge in [0.05, 0.1) is 24.3 Å². The maximum absolute atomic E-state index is 13.0. The number of amides is 2. The zero-order chi connectivity index (χ0) is 20.7. The molecule has 0 heterocycles. The molecule has 0 fully saturated rings. The number of hydrogen-bond donors (Lipinski definition) is 1. The summed E-state index contributed by atoms with van der Waals surface area (Å²) >= 11 is 0. The van der Waals surface area contributed by atoms with Crippen molar-refractivity contribution < 1.29 is 22.8 Å². The first-order chi connectivity index (χ1) is 13.2. The summed E-state index contributed by atoms with van der Waals surface area (Å²) in [5.74, 6) is -1.00. The van der Waals surface area contributed by atoms with Crippen LogP contribution in [0.1, 0.15) is 11.1 Å². The van der Waals surface area contributed by atoms with E-state index in [1.54, 1.807) is 11.9 Å². The van der Waals surface area contributed by atoms with Crippen LogP contribution >= 0.6 is 0 Å². The van der Waals surface area contributed by atoms with Gasteiger partial charge >= 0.3 is 6.18 Å². The molecule has 0 aromatic heterocycles. The lowest BCUT2D eigenvalue weighted by Crippen LogP contribution is -2.40. The second-order valence-electron chi connectivity index (χ2n) is 6.50. The van der Waals surface area contributed by atoms with Crippen molar-refractivity contribution in [1.82, 2.24) is 9.80 Å². The average Bonchev–Trinajstić information content (AvgIpc) is 2.61. The molecule has 150 valence electrons. The summed E-state index contributed by atoms with van der Waals surface area (Å²) in [4.78, 5) is 27.4. The highest BCUT2D eigenvalue weighted by Gasteiger charge is 2.33. The molecule has 8 heteroatoms. The maximum atomic E-state index is 13.0. The predicted octanol–water partition coefficient (Wildman–Crippen LogP) is 3.23. The van der Waals surface area contributed by atoms with E-state index >= 15 is 0 Å². The van der Waals surface area contributed by atoms with Gasteiger partial charge in [-0.2, -0.15) is 13.2 Å². The number of halogens is 3. The van der Waals surface area contributed by atoms with Gasteiger partial charge in [-0.25, -0.2) is 0 Å². The second-order valence-corrected chi connectivity index (χ2v) is 6.50. The molecule has 0 bridgehead atoms. The van der Waals surface area contributed by atoms with Gasteiger partial charge in [0.2, 0.25) is 11.8 Å². The molecule has 2 aromatic rings. The molecule has 0 unspecified atom stereocenters. The van der Waals surface area contributed by atoms with Gasteiger partial charge in [0.1, 0.15) is 0 Å². The van der Waals surface area contributed by atoms with Gasteiger partial charge in [-0.1, -0.05) is 42.5 Å². The van der Waals surface area contributed by atoms with Crippen LogP contribution in [0, 0.1) is 0 Å². The molecule has 2 rings (SSSR count). The van der Waals surface area contributed by atoms with Crippen LogP contribution in [0.15, 0.2) is 54.6 Å². The summed E-state index contributed by atoms with van der Waals surface area (Å²) in [6.07, 6.45) is -4.58. The molecular weight excluding hydrogens is 371 g/mol. The van der Waals surface area contributed by atoms with Crippen LogP contribution in [0.4, 0.5) is 18.9 Å². The lowest BCUT2D eigenvalue weighted by Gasteiger charge is -2.22. The number of carbonyl (C=O) groups excluding carboxylic acids is 2. The number of nitrogens with zero attached hydrogens (tertiary/aromatic N) is 2. The van der Waals surface area contributed by atoms with Crippen LogP contribution in [0.25, 0.3) is 0 Å². The Hall–Kier alpha value is -2.87. The molecule has 0 aliphatic carbocycles. The number of para-hydroxylation sites is 1. The average molecular weight is 393 g/mol. The third-order valence-electron chi connectivity index (χ3n) is 4.01. The number of alkyl halides is 3. The molecule has 0 saturated carbocycles. The quantitative estimate of drug-likeness (QED) is 0.786. The number of benzene rings is 2. The fourth-order valence-electron chi connectivity index (χ4n) is 2.64. The van der Waals surface area contributed by atoms with E-state index in [0.717, 1.165) is 11.6 Å². The Balaban J connectivity index is 1.89. The van der Waals surface area contributed by atoms with Gasteiger partial charge in [0, 0.05) is 13.6 Å². The molecule has 0 spiro atoms. The number of carbonyl (C=O) groups is 2. The first-order valence-electron chi connectivity index (χ1n) is 8.59. The van der Waals surface area contributed by atoms with E-state index in [2.05, 4.69) is 5.32 Å². The minimum Gasteiger partial charge on any atom is -0.335 e. The number of nitrogens with one attached hydrogen (secondary N) is 1. The molecule has 2 amide bonds. The van der Waals surface area contributed by atoms with Crippen molar-refractivity contribution in [3.8, 4) is 0 Å². The highest BCUT2D eigenvalue weighted by Crippen LogP contribution is 2.34. The van der Waals surface area contributed by atoms with Gasteiger partial charge in [-0.05, 0) is 24.7 Å². The van der Waals surface area contributed by atoms with Crippen molar-refractivity contribution in [2.24, 2.45) is 0 Å². The van der Waals surface area contributed by atoms with E-state index in [0.29, 0.717) is 6.54 Å². The second kappa shape index (κ2) is 9.36. The first-order valence-corrected chi connectivity index (χ1v) is 8.59. The van der Waals surface area contributed by atoms with E-state index in [1.165, 1.54) is 30.1 Å². The summed E-state index contributed by atoms with van der Waals surface area (Å²) in [5, 5.41) is 2.23. The smallest absolute Gasteiger partial charge is 0.335 e. The number of rotatable bonds is 7. The Labute approximate surface area is 161 Å². The number of likely N-dealkylation sites (N-methyl/N-ethyl adjacent to an activating group) is 2. The van der Waals surface area contributed by atoms with Gasteiger partial charge < -0.3 is 10.2 Å². The lowest BCUT2D eigenvalue weighted by molar-refractivity contribution is -0.137. The highest BCUT2D eigenvalue weighted by molar-refractivity contribution is 5.95. The third-order valence-corrected chi connectivity index (χ3v) is 4.01. The standard InChI is InChI=1S/C20H22F3N3O2/c1-25(12-15-8-4-3-5-9-15)14-19(28)26(2)13-18(27)24-17-11-7-6-10-16(17)20(21,22)23/h3-11H,12-14H2,1-2H3,(H,24,27). The molecule has 0 saturated heterocycles. The summed E-state index contributed by atoms with van der Waals surface area (Å²) in [6, 6.07) is 14.3. The number of anilines is 1. The van der Waals surface area contributed by atoms with Crippen LogP contribution in [0.3, 0.4) is 0 Å². The van der Waals surface area contributed by atoms with Crippen molar-refractivity contribution in [2.75, 3.05) is 32.5 Å². The molecule has 5 nitrogen and oxygen atoms in total. The van der Waals surface area contributed by atoms with E-state index in [4.69, 9.17) is 0 Å². The van der Waals surface area contributed by atoms with Crippen LogP contribution < -0.4 is 5.32 Å². The SMILES string of the molecule is CN(CC(=O)N(C)CC(=O)Nc1ccccc1C(F)(F)F)Cc1ccccc1.